The molecule has 3 atom stereocenters. The van der Waals surface area contributed by atoms with Crippen molar-refractivity contribution in [2.45, 2.75) is 63.8 Å². The van der Waals surface area contributed by atoms with Crippen LogP contribution in [0.25, 0.3) is 0 Å². The van der Waals surface area contributed by atoms with Crippen LogP contribution in [0.1, 0.15) is 88.4 Å². The number of aromatic nitrogens is 1. The molecule has 0 fully saturated rings. The predicted molar refractivity (Wildman–Crippen MR) is 237 cm³/mol. The number of hydrogen-bond donors (Lipinski definition) is 0. The average molecular weight is 777 g/mol. The molecule has 59 heavy (non-hydrogen) atoms. The summed E-state index contributed by atoms with van der Waals surface area (Å²) in [6.45, 7) is 8.75. The highest BCUT2D eigenvalue weighted by molar-refractivity contribution is 5.56. The molecule has 0 amide bonds. The molecular weight excluding hydrogens is 725 g/mol. The minimum absolute atomic E-state index is 0.0149. The predicted octanol–water partition coefficient (Wildman–Crippen LogP) is 11.9. The van der Waals surface area contributed by atoms with Crippen LogP contribution in [0.15, 0.2) is 170 Å². The van der Waals surface area contributed by atoms with Crippen LogP contribution in [0.4, 0.5) is 5.82 Å². The minimum atomic E-state index is -0.878. The normalized spacial score (nSPS) is 17.0. The van der Waals surface area contributed by atoms with Gasteiger partial charge in [-0.25, -0.2) is 4.98 Å². The molecule has 6 aromatic carbocycles. The molecule has 5 nitrogen and oxygen atoms in total. The standard InChI is InChI=1S/C54H52N2O3/c1-37(2)56(35-39-17-9-5-10-18-39)50-30-29-48-51(41-26-25-40-31-32-58-49(40)34-41)38(3)52(53(48)55-50)47-28-27-46(57-4)33-42(47)36-59-54(43-19-11-6-12-20-43,44-21-13-7-14-22-44)45-23-15-8-16-24-45/h5-30,33-34,37-38,51-52H,31-32,35-36H2,1-4H3/t38-,51?,52-/m1/s1. The van der Waals surface area contributed by atoms with Crippen LogP contribution in [-0.4, -0.2) is 24.7 Å². The fourth-order valence-corrected chi connectivity index (χ4v) is 9.56. The van der Waals surface area contributed by atoms with Crippen LogP contribution in [0.2, 0.25) is 0 Å². The number of nitrogens with zero attached hydrogens (tertiary/aromatic N) is 2. The Morgan fingerprint density at radius 1 is 0.695 bits per heavy atom. The zero-order chi connectivity index (χ0) is 40.3. The van der Waals surface area contributed by atoms with Crippen molar-refractivity contribution in [1.29, 1.82) is 0 Å². The lowest BCUT2D eigenvalue weighted by atomic mass is 9.79. The van der Waals surface area contributed by atoms with Crippen LogP contribution >= 0.6 is 0 Å². The number of benzene rings is 6. The number of fused-ring (bicyclic) bond motifs is 2. The molecule has 1 unspecified atom stereocenters. The fraction of sp³-hybridized carbons (Fsp3) is 0.241. The maximum atomic E-state index is 7.52. The molecule has 296 valence electrons. The van der Waals surface area contributed by atoms with E-state index in [0.717, 1.165) is 64.8 Å². The maximum absolute atomic E-state index is 7.52. The van der Waals surface area contributed by atoms with Gasteiger partial charge in [-0.15, -0.1) is 0 Å². The highest BCUT2D eigenvalue weighted by atomic mass is 16.5. The van der Waals surface area contributed by atoms with E-state index in [4.69, 9.17) is 19.2 Å². The molecule has 0 saturated heterocycles. The van der Waals surface area contributed by atoms with Crippen molar-refractivity contribution in [2.24, 2.45) is 5.92 Å². The number of anilines is 1. The molecule has 1 aromatic heterocycles. The second-order valence-corrected chi connectivity index (χ2v) is 16.3. The first-order valence-corrected chi connectivity index (χ1v) is 21.0. The number of methoxy groups -OCH3 is 1. The van der Waals surface area contributed by atoms with Crippen molar-refractivity contribution in [3.63, 3.8) is 0 Å². The van der Waals surface area contributed by atoms with E-state index >= 15 is 0 Å². The van der Waals surface area contributed by atoms with Crippen molar-refractivity contribution in [2.75, 3.05) is 18.6 Å². The van der Waals surface area contributed by atoms with Gasteiger partial charge >= 0.3 is 0 Å². The third kappa shape index (κ3) is 7.29. The molecule has 1 aliphatic heterocycles. The molecule has 0 radical (unpaired) electrons. The molecule has 1 aliphatic carbocycles. The average Bonchev–Trinajstić information content (AvgIpc) is 3.88. The Hall–Kier alpha value is -6.17. The van der Waals surface area contributed by atoms with E-state index in [1.807, 2.05) is 0 Å². The summed E-state index contributed by atoms with van der Waals surface area (Å²) in [5.41, 5.74) is 10.8. The topological polar surface area (TPSA) is 43.8 Å². The van der Waals surface area contributed by atoms with E-state index in [1.54, 1.807) is 7.11 Å². The molecule has 0 N–H and O–H groups in total. The first-order chi connectivity index (χ1) is 28.9. The highest BCUT2D eigenvalue weighted by Gasteiger charge is 2.43. The molecule has 2 aliphatic rings. The molecule has 0 spiro atoms. The van der Waals surface area contributed by atoms with Crippen molar-refractivity contribution >= 4 is 5.82 Å². The maximum Gasteiger partial charge on any atom is 0.144 e. The summed E-state index contributed by atoms with van der Waals surface area (Å²) in [4.78, 5) is 8.10. The number of hydrogen-bond acceptors (Lipinski definition) is 5. The van der Waals surface area contributed by atoms with Gasteiger partial charge in [-0.2, -0.15) is 0 Å². The molecule has 5 heteroatoms. The monoisotopic (exact) mass is 776 g/mol. The second-order valence-electron chi connectivity index (χ2n) is 16.3. The fourth-order valence-electron chi connectivity index (χ4n) is 9.56. The van der Waals surface area contributed by atoms with Gasteiger partial charge < -0.3 is 19.1 Å². The number of ether oxygens (including phenoxy) is 3. The van der Waals surface area contributed by atoms with Crippen LogP contribution in [-0.2, 0) is 29.9 Å². The summed E-state index contributed by atoms with van der Waals surface area (Å²) >= 11 is 0. The quantitative estimate of drug-likeness (QED) is 0.109. The van der Waals surface area contributed by atoms with Gasteiger partial charge in [0.1, 0.15) is 22.9 Å². The molecule has 9 rings (SSSR count). The van der Waals surface area contributed by atoms with Gasteiger partial charge in [0.2, 0.25) is 0 Å². The van der Waals surface area contributed by atoms with Crippen molar-refractivity contribution in [1.82, 2.24) is 4.98 Å². The lowest BCUT2D eigenvalue weighted by molar-refractivity contribution is -0.000280. The van der Waals surface area contributed by atoms with E-state index < -0.39 is 5.60 Å². The van der Waals surface area contributed by atoms with Gasteiger partial charge in [-0.3, -0.25) is 0 Å². The van der Waals surface area contributed by atoms with Gasteiger partial charge in [-0.05, 0) is 94.1 Å². The Bertz CT molecular complexity index is 2410. The summed E-state index contributed by atoms with van der Waals surface area (Å²) in [6.07, 6.45) is 0.956. The SMILES string of the molecule is COc1ccc([C@@H]2c3nc(N(Cc4ccccc4)C(C)C)ccc3C(c3ccc4c(c3)OCC4)[C@H]2C)c(COC(c2ccccc2)(c2ccccc2)c2ccccc2)c1. The minimum Gasteiger partial charge on any atom is -0.497 e. The van der Waals surface area contributed by atoms with Gasteiger partial charge in [0.25, 0.3) is 0 Å². The lowest BCUT2D eigenvalue weighted by Crippen LogP contribution is -2.33. The summed E-state index contributed by atoms with van der Waals surface area (Å²) in [5, 5.41) is 0. The number of rotatable bonds is 13. The van der Waals surface area contributed by atoms with Crippen molar-refractivity contribution in [3.05, 3.63) is 226 Å². The van der Waals surface area contributed by atoms with Crippen LogP contribution in [0.3, 0.4) is 0 Å². The Morgan fingerprint density at radius 2 is 1.31 bits per heavy atom. The zero-order valence-corrected chi connectivity index (χ0v) is 34.4. The first-order valence-electron chi connectivity index (χ1n) is 21.0. The Kier molecular flexibility index (Phi) is 10.8. The molecule has 0 bridgehead atoms. The Labute approximate surface area is 349 Å². The largest absolute Gasteiger partial charge is 0.497 e. The Morgan fingerprint density at radius 3 is 1.92 bits per heavy atom. The Balaban J connectivity index is 1.19. The summed E-state index contributed by atoms with van der Waals surface area (Å²) in [5.74, 6) is 3.09. The van der Waals surface area contributed by atoms with Crippen molar-refractivity contribution in [3.8, 4) is 11.5 Å². The first kappa shape index (κ1) is 38.4. The van der Waals surface area contributed by atoms with E-state index in [-0.39, 0.29) is 23.8 Å². The second kappa shape index (κ2) is 16.6. The zero-order valence-electron chi connectivity index (χ0n) is 34.4. The summed E-state index contributed by atoms with van der Waals surface area (Å²) < 4.78 is 19.6. The summed E-state index contributed by atoms with van der Waals surface area (Å²) in [6, 6.07) is 60.7. The van der Waals surface area contributed by atoms with Crippen LogP contribution in [0, 0.1) is 5.92 Å². The van der Waals surface area contributed by atoms with Gasteiger partial charge in [0.15, 0.2) is 0 Å². The van der Waals surface area contributed by atoms with Gasteiger partial charge in [-0.1, -0.05) is 153 Å². The molecule has 2 heterocycles. The van der Waals surface area contributed by atoms with Crippen LogP contribution < -0.4 is 14.4 Å². The molecule has 7 aromatic rings. The third-order valence-electron chi connectivity index (χ3n) is 12.5. The summed E-state index contributed by atoms with van der Waals surface area (Å²) in [7, 11) is 1.74. The van der Waals surface area contributed by atoms with E-state index in [9.17, 15) is 0 Å². The van der Waals surface area contributed by atoms with Gasteiger partial charge in [0.05, 0.1) is 26.0 Å². The lowest BCUT2D eigenvalue weighted by Gasteiger charge is -2.36. The van der Waals surface area contributed by atoms with Crippen LogP contribution in [0.5, 0.6) is 11.5 Å². The van der Waals surface area contributed by atoms with E-state index in [1.165, 1.54) is 27.8 Å². The molecule has 0 saturated carbocycles. The molecular formula is C54H52N2O3. The van der Waals surface area contributed by atoms with E-state index in [0.29, 0.717) is 6.61 Å². The third-order valence-corrected chi connectivity index (χ3v) is 12.5. The smallest absolute Gasteiger partial charge is 0.144 e. The van der Waals surface area contributed by atoms with E-state index in [2.05, 4.69) is 196 Å². The number of pyridine rings is 1. The highest BCUT2D eigenvalue weighted by Crippen LogP contribution is 2.54. The van der Waals surface area contributed by atoms with Crippen molar-refractivity contribution < 1.29 is 14.2 Å². The van der Waals surface area contributed by atoms with Gasteiger partial charge in [0, 0.05) is 30.8 Å².